The molecule has 0 saturated carbocycles. The topological polar surface area (TPSA) is 38.5 Å². The van der Waals surface area contributed by atoms with Gasteiger partial charge >= 0.3 is 0 Å². The molecule has 1 aromatic carbocycles. The van der Waals surface area contributed by atoms with Gasteiger partial charge in [-0.2, -0.15) is 0 Å². The number of nitrogens with two attached hydrogens (primary N) is 1. The van der Waals surface area contributed by atoms with Crippen molar-refractivity contribution >= 4 is 15.9 Å². The van der Waals surface area contributed by atoms with Crippen molar-refractivity contribution in [2.45, 2.75) is 20.3 Å². The van der Waals surface area contributed by atoms with Crippen LogP contribution in [0.5, 0.6) is 5.75 Å². The van der Waals surface area contributed by atoms with Crippen LogP contribution in [0.25, 0.3) is 0 Å². The number of hydrogen-bond acceptors (Lipinski definition) is 3. The first-order valence-corrected chi connectivity index (χ1v) is 7.34. The third-order valence-electron chi connectivity index (χ3n) is 2.99. The van der Waals surface area contributed by atoms with Crippen LogP contribution in [-0.2, 0) is 6.42 Å². The molecule has 0 atom stereocenters. The fraction of sp³-hybridized carbons (Fsp3) is 0.571. The van der Waals surface area contributed by atoms with E-state index in [9.17, 15) is 0 Å². The highest BCUT2D eigenvalue weighted by molar-refractivity contribution is 9.10. The zero-order chi connectivity index (χ0) is 13.4. The number of nitrogens with zero attached hydrogens (tertiary/aromatic N) is 1. The highest BCUT2D eigenvalue weighted by atomic mass is 79.9. The molecule has 18 heavy (non-hydrogen) atoms. The van der Waals surface area contributed by atoms with Gasteiger partial charge in [0.05, 0.1) is 4.47 Å². The van der Waals surface area contributed by atoms with E-state index >= 15 is 0 Å². The predicted molar refractivity (Wildman–Crippen MR) is 80.2 cm³/mol. The summed E-state index contributed by atoms with van der Waals surface area (Å²) >= 11 is 3.54. The molecule has 2 N–H and O–H groups in total. The molecule has 0 aliphatic rings. The van der Waals surface area contributed by atoms with Crippen LogP contribution < -0.4 is 10.5 Å². The van der Waals surface area contributed by atoms with Crippen molar-refractivity contribution in [3.05, 3.63) is 28.2 Å². The summed E-state index contributed by atoms with van der Waals surface area (Å²) in [6.07, 6.45) is 0.901. The Morgan fingerprint density at radius 2 is 2.00 bits per heavy atom. The summed E-state index contributed by atoms with van der Waals surface area (Å²) in [5.74, 6) is 0.905. The summed E-state index contributed by atoms with van der Waals surface area (Å²) in [5.41, 5.74) is 6.78. The van der Waals surface area contributed by atoms with Gasteiger partial charge in [-0.3, -0.25) is 0 Å². The molecular weight excluding hydrogens is 292 g/mol. The Bertz CT molecular complexity index is 354. The van der Waals surface area contributed by atoms with E-state index in [-0.39, 0.29) is 0 Å². The van der Waals surface area contributed by atoms with Gasteiger partial charge in [0.25, 0.3) is 0 Å². The molecule has 0 bridgehead atoms. The second-order valence-corrected chi connectivity index (χ2v) is 5.03. The number of hydrogen-bond donors (Lipinski definition) is 1. The van der Waals surface area contributed by atoms with Gasteiger partial charge in [0.2, 0.25) is 0 Å². The molecule has 0 fully saturated rings. The van der Waals surface area contributed by atoms with E-state index in [1.165, 1.54) is 5.56 Å². The molecule has 0 spiro atoms. The van der Waals surface area contributed by atoms with Gasteiger partial charge in [0, 0.05) is 6.54 Å². The van der Waals surface area contributed by atoms with Crippen molar-refractivity contribution < 1.29 is 4.74 Å². The normalized spacial score (nSPS) is 10.9. The number of rotatable bonds is 8. The van der Waals surface area contributed by atoms with Crippen LogP contribution in [0, 0.1) is 0 Å². The third kappa shape index (κ3) is 4.96. The Morgan fingerprint density at radius 1 is 1.28 bits per heavy atom. The first-order chi connectivity index (χ1) is 8.71. The molecule has 0 heterocycles. The van der Waals surface area contributed by atoms with Gasteiger partial charge in [-0.05, 0) is 59.7 Å². The van der Waals surface area contributed by atoms with Crippen molar-refractivity contribution in [2.75, 3.05) is 32.8 Å². The van der Waals surface area contributed by atoms with Gasteiger partial charge < -0.3 is 15.4 Å². The molecule has 4 heteroatoms. The van der Waals surface area contributed by atoms with E-state index in [1.807, 2.05) is 6.07 Å². The lowest BCUT2D eigenvalue weighted by Crippen LogP contribution is -2.27. The molecule has 0 aromatic heterocycles. The second kappa shape index (κ2) is 8.51. The lowest BCUT2D eigenvalue weighted by molar-refractivity contribution is 0.222. The Kier molecular flexibility index (Phi) is 7.32. The number of benzene rings is 1. The smallest absolute Gasteiger partial charge is 0.133 e. The summed E-state index contributed by atoms with van der Waals surface area (Å²) < 4.78 is 6.79. The van der Waals surface area contributed by atoms with Gasteiger partial charge in [-0.25, -0.2) is 0 Å². The minimum atomic E-state index is 0.675. The lowest BCUT2D eigenvalue weighted by atomic mass is 10.1. The molecule has 0 saturated heterocycles. The van der Waals surface area contributed by atoms with Crippen LogP contribution in [0.3, 0.4) is 0 Å². The summed E-state index contributed by atoms with van der Waals surface area (Å²) in [7, 11) is 0. The zero-order valence-corrected chi connectivity index (χ0v) is 12.9. The van der Waals surface area contributed by atoms with E-state index in [0.29, 0.717) is 6.54 Å². The quantitative estimate of drug-likeness (QED) is 0.801. The van der Waals surface area contributed by atoms with Gasteiger partial charge in [-0.15, -0.1) is 0 Å². The zero-order valence-electron chi connectivity index (χ0n) is 11.3. The lowest BCUT2D eigenvalue weighted by Gasteiger charge is -2.18. The Hall–Kier alpha value is -0.580. The molecule has 1 rings (SSSR count). The highest BCUT2D eigenvalue weighted by Gasteiger charge is 2.04. The molecule has 0 amide bonds. The summed E-state index contributed by atoms with van der Waals surface area (Å²) in [5, 5.41) is 0. The fourth-order valence-corrected chi connectivity index (χ4v) is 2.35. The second-order valence-electron chi connectivity index (χ2n) is 4.18. The van der Waals surface area contributed by atoms with Gasteiger partial charge in [0.15, 0.2) is 0 Å². The summed E-state index contributed by atoms with van der Waals surface area (Å²) in [4.78, 5) is 2.34. The van der Waals surface area contributed by atoms with Crippen molar-refractivity contribution in [1.29, 1.82) is 0 Å². The van der Waals surface area contributed by atoms with E-state index < -0.39 is 0 Å². The van der Waals surface area contributed by atoms with Crippen LogP contribution in [0.2, 0.25) is 0 Å². The van der Waals surface area contributed by atoms with Crippen LogP contribution >= 0.6 is 15.9 Å². The number of ether oxygens (including phenoxy) is 1. The maximum atomic E-state index is 5.78. The number of halogens is 1. The van der Waals surface area contributed by atoms with Crippen molar-refractivity contribution in [3.63, 3.8) is 0 Å². The minimum absolute atomic E-state index is 0.675. The fourth-order valence-electron chi connectivity index (χ4n) is 1.81. The van der Waals surface area contributed by atoms with E-state index in [1.54, 1.807) is 0 Å². The molecule has 102 valence electrons. The van der Waals surface area contributed by atoms with E-state index in [2.05, 4.69) is 46.8 Å². The molecule has 1 aromatic rings. The Labute approximate surface area is 118 Å². The number of likely N-dealkylation sites (N-methyl/N-ethyl adjacent to an activating group) is 1. The molecule has 0 aliphatic carbocycles. The van der Waals surface area contributed by atoms with E-state index in [0.717, 1.165) is 42.9 Å². The molecule has 0 unspecified atom stereocenters. The highest BCUT2D eigenvalue weighted by Crippen LogP contribution is 2.26. The Balaban J connectivity index is 2.47. The van der Waals surface area contributed by atoms with Crippen LogP contribution in [-0.4, -0.2) is 37.7 Å². The van der Waals surface area contributed by atoms with Crippen LogP contribution in [0.15, 0.2) is 22.7 Å². The maximum Gasteiger partial charge on any atom is 0.133 e. The van der Waals surface area contributed by atoms with Crippen molar-refractivity contribution in [2.24, 2.45) is 5.73 Å². The van der Waals surface area contributed by atoms with Gasteiger partial charge in [-0.1, -0.05) is 19.9 Å². The van der Waals surface area contributed by atoms with E-state index in [4.69, 9.17) is 10.5 Å². The summed E-state index contributed by atoms with van der Waals surface area (Å²) in [6, 6.07) is 6.17. The van der Waals surface area contributed by atoms with Crippen LogP contribution in [0.4, 0.5) is 0 Å². The average Bonchev–Trinajstić information content (AvgIpc) is 2.37. The largest absolute Gasteiger partial charge is 0.491 e. The SMILES string of the molecule is CCN(CC)CCOc1ccc(CCN)cc1Br. The molecule has 3 nitrogen and oxygen atoms in total. The standard InChI is InChI=1S/C14H23BrN2O/c1-3-17(4-2)9-10-18-14-6-5-12(7-8-16)11-13(14)15/h5-6,11H,3-4,7-10,16H2,1-2H3. The first kappa shape index (κ1) is 15.5. The monoisotopic (exact) mass is 314 g/mol. The van der Waals surface area contributed by atoms with Gasteiger partial charge in [0.1, 0.15) is 12.4 Å². The summed E-state index contributed by atoms with van der Waals surface area (Å²) in [6.45, 7) is 8.82. The predicted octanol–water partition coefficient (Wildman–Crippen LogP) is 2.67. The van der Waals surface area contributed by atoms with Crippen LogP contribution in [0.1, 0.15) is 19.4 Å². The molecule has 0 radical (unpaired) electrons. The Morgan fingerprint density at radius 3 is 2.56 bits per heavy atom. The molecule has 0 aliphatic heterocycles. The first-order valence-electron chi connectivity index (χ1n) is 6.54. The third-order valence-corrected chi connectivity index (χ3v) is 3.61. The maximum absolute atomic E-state index is 5.78. The van der Waals surface area contributed by atoms with Crippen molar-refractivity contribution in [3.8, 4) is 5.75 Å². The average molecular weight is 315 g/mol. The molecular formula is C14H23BrN2O. The van der Waals surface area contributed by atoms with Crippen molar-refractivity contribution in [1.82, 2.24) is 4.90 Å². The minimum Gasteiger partial charge on any atom is -0.491 e.